The van der Waals surface area contributed by atoms with Gasteiger partial charge in [0.05, 0.1) is 26.5 Å². The number of aromatic nitrogens is 4. The summed E-state index contributed by atoms with van der Waals surface area (Å²) in [6.07, 6.45) is -3.05. The lowest BCUT2D eigenvalue weighted by atomic mass is 9.93. The van der Waals surface area contributed by atoms with Crippen LogP contribution < -0.4 is 14.2 Å². The zero-order valence-corrected chi connectivity index (χ0v) is 33.7. The van der Waals surface area contributed by atoms with Crippen LogP contribution in [0.5, 0.6) is 17.4 Å². The predicted octanol–water partition coefficient (Wildman–Crippen LogP) is 8.33. The molecule has 1 atom stereocenters. The van der Waals surface area contributed by atoms with Gasteiger partial charge in [0.2, 0.25) is 12.0 Å². The van der Waals surface area contributed by atoms with Crippen molar-refractivity contribution in [3.8, 4) is 39.8 Å². The number of carboxylic acid groups (broad SMARTS) is 1. The second-order valence-corrected chi connectivity index (χ2v) is 15.4. The Bertz CT molecular complexity index is 2400. The molecule has 4 heterocycles. The molecule has 0 amide bonds. The van der Waals surface area contributed by atoms with E-state index in [-0.39, 0.29) is 24.6 Å². The number of alkyl halides is 3. The van der Waals surface area contributed by atoms with E-state index in [9.17, 15) is 23.1 Å². The van der Waals surface area contributed by atoms with Crippen LogP contribution in [0.15, 0.2) is 79.1 Å². The highest BCUT2D eigenvalue weighted by Crippen LogP contribution is 2.46. The highest BCUT2D eigenvalue weighted by atomic mass is 35.5. The number of carboxylic acids is 1. The van der Waals surface area contributed by atoms with Gasteiger partial charge in [0.15, 0.2) is 0 Å². The molecule has 0 aliphatic carbocycles. The van der Waals surface area contributed by atoms with E-state index in [4.69, 9.17) is 30.8 Å². The smallest absolute Gasteiger partial charge is 0.408 e. The number of fused-ring (bicyclic) bond motifs is 1. The van der Waals surface area contributed by atoms with E-state index < -0.39 is 24.8 Å². The van der Waals surface area contributed by atoms with Crippen LogP contribution in [0.3, 0.4) is 0 Å². The molecule has 0 radical (unpaired) electrons. The van der Waals surface area contributed by atoms with Crippen LogP contribution in [0.2, 0.25) is 5.02 Å². The Kier molecular flexibility index (Phi) is 12.5. The lowest BCUT2D eigenvalue weighted by molar-refractivity contribution is -0.145. The Hall–Kier alpha value is -5.22. The lowest BCUT2D eigenvalue weighted by Crippen LogP contribution is -2.45. The van der Waals surface area contributed by atoms with Crippen LogP contribution in [0.25, 0.3) is 32.5 Å². The zero-order valence-electron chi connectivity index (χ0n) is 32.1. The normalized spacial score (nSPS) is 14.5. The first-order chi connectivity index (χ1) is 27.8. The molecule has 11 nitrogen and oxygen atoms in total. The first-order valence-electron chi connectivity index (χ1n) is 18.7. The van der Waals surface area contributed by atoms with Crippen molar-refractivity contribution < 1.29 is 37.3 Å². The van der Waals surface area contributed by atoms with Gasteiger partial charge >= 0.3 is 12.1 Å². The number of halogens is 4. The van der Waals surface area contributed by atoms with Gasteiger partial charge in [-0.2, -0.15) is 22.6 Å². The minimum absolute atomic E-state index is 0.108. The summed E-state index contributed by atoms with van der Waals surface area (Å²) < 4.78 is 63.9. The quantitative estimate of drug-likeness (QED) is 0.108. The number of para-hydroxylation sites is 1. The third kappa shape index (κ3) is 9.55. The van der Waals surface area contributed by atoms with E-state index in [1.165, 1.54) is 12.3 Å². The molecule has 1 fully saturated rings. The minimum Gasteiger partial charge on any atom is -0.491 e. The van der Waals surface area contributed by atoms with Crippen LogP contribution in [0, 0.1) is 13.8 Å². The van der Waals surface area contributed by atoms with E-state index >= 15 is 0 Å². The summed E-state index contributed by atoms with van der Waals surface area (Å²) in [5.41, 5.74) is 5.37. The van der Waals surface area contributed by atoms with Gasteiger partial charge in [-0.15, -0.1) is 0 Å². The van der Waals surface area contributed by atoms with Gasteiger partial charge in [-0.05, 0) is 73.4 Å². The van der Waals surface area contributed by atoms with Crippen molar-refractivity contribution in [1.82, 2.24) is 28.9 Å². The number of aryl methyl sites for hydroxylation is 1. The Morgan fingerprint density at radius 3 is 2.55 bits per heavy atom. The Morgan fingerprint density at radius 1 is 1.00 bits per heavy atom. The van der Waals surface area contributed by atoms with Gasteiger partial charge in [-0.3, -0.25) is 14.6 Å². The first-order valence-corrected chi connectivity index (χ1v) is 19.9. The van der Waals surface area contributed by atoms with E-state index in [0.29, 0.717) is 50.0 Å². The highest BCUT2D eigenvalue weighted by Gasteiger charge is 2.30. The third-order valence-corrected chi connectivity index (χ3v) is 11.3. The van der Waals surface area contributed by atoms with Crippen LogP contribution in [-0.4, -0.2) is 98.7 Å². The number of benzene rings is 3. The van der Waals surface area contributed by atoms with Crippen LogP contribution >= 0.6 is 23.1 Å². The molecular formula is C42H42ClF3N6O5S. The molecule has 0 spiro atoms. The summed E-state index contributed by atoms with van der Waals surface area (Å²) in [4.78, 5) is 22.4. The maximum Gasteiger partial charge on any atom is 0.408 e. The molecule has 0 saturated carbocycles. The number of hydrogen-bond acceptors (Lipinski definition) is 10. The third-order valence-electron chi connectivity index (χ3n) is 10.1. The summed E-state index contributed by atoms with van der Waals surface area (Å²) >= 11 is 8.18. The first kappa shape index (κ1) is 41.0. The van der Waals surface area contributed by atoms with Crippen molar-refractivity contribution in [1.29, 1.82) is 0 Å². The number of aliphatic carboxylic acids is 1. The minimum atomic E-state index is -4.46. The zero-order chi connectivity index (χ0) is 41.0. The molecule has 6 aromatic rings. The number of rotatable bonds is 15. The summed E-state index contributed by atoms with van der Waals surface area (Å²) in [6.45, 7) is 7.67. The molecule has 1 aliphatic heterocycles. The number of nitrogens with zero attached hydrogens (tertiary/aromatic N) is 6. The fraction of sp³-hybridized carbons (Fsp3) is 0.333. The Balaban J connectivity index is 1.20. The molecule has 3 aromatic heterocycles. The van der Waals surface area contributed by atoms with Crippen molar-refractivity contribution in [3.63, 3.8) is 0 Å². The molecule has 0 unspecified atom stereocenters. The Morgan fingerprint density at radius 2 is 1.79 bits per heavy atom. The molecule has 1 aliphatic rings. The number of likely N-dealkylation sites (N-methyl/N-ethyl adjacent to an activating group) is 1. The highest BCUT2D eigenvalue weighted by molar-refractivity contribution is 7.13. The summed E-state index contributed by atoms with van der Waals surface area (Å²) in [5, 5.41) is 15.3. The molecule has 16 heteroatoms. The van der Waals surface area contributed by atoms with Gasteiger partial charge in [0.25, 0.3) is 0 Å². The Labute approximate surface area is 342 Å². The van der Waals surface area contributed by atoms with Crippen molar-refractivity contribution in [3.05, 3.63) is 107 Å². The summed E-state index contributed by atoms with van der Waals surface area (Å²) in [5.74, 6) is -0.281. The molecule has 7 rings (SSSR count). The maximum atomic E-state index is 13.1. The van der Waals surface area contributed by atoms with Crippen LogP contribution in [-0.2, 0) is 24.4 Å². The second-order valence-electron chi connectivity index (χ2n) is 14.3. The summed E-state index contributed by atoms with van der Waals surface area (Å²) in [7, 11) is 2.12. The van der Waals surface area contributed by atoms with Crippen molar-refractivity contribution in [2.24, 2.45) is 0 Å². The molecule has 58 heavy (non-hydrogen) atoms. The number of hydrogen-bond donors (Lipinski definition) is 1. The molecule has 0 bridgehead atoms. The fourth-order valence-electron chi connectivity index (χ4n) is 6.94. The molecular weight excluding hydrogens is 793 g/mol. The van der Waals surface area contributed by atoms with Crippen molar-refractivity contribution in [2.75, 3.05) is 46.4 Å². The van der Waals surface area contributed by atoms with Crippen molar-refractivity contribution >= 4 is 39.2 Å². The largest absolute Gasteiger partial charge is 0.491 e. The molecule has 3 aromatic carbocycles. The van der Waals surface area contributed by atoms with Crippen molar-refractivity contribution in [2.45, 2.75) is 45.7 Å². The SMILES string of the molecule is Cc1cccc(-c2ncc3snc(O[C@H](Cc4ccccc4OCc4ccnn4CC(F)(F)F)C(=O)O)c3c2-c2ccc(OCCN3CCN(C)CC3)c(Cl)c2C)c1. The topological polar surface area (TPSA) is 115 Å². The van der Waals surface area contributed by atoms with Crippen LogP contribution in [0.1, 0.15) is 22.4 Å². The monoisotopic (exact) mass is 834 g/mol. The summed E-state index contributed by atoms with van der Waals surface area (Å²) in [6, 6.07) is 19.9. The van der Waals surface area contributed by atoms with Gasteiger partial charge in [0.1, 0.15) is 31.3 Å². The van der Waals surface area contributed by atoms with Gasteiger partial charge in [-0.1, -0.05) is 59.6 Å². The van der Waals surface area contributed by atoms with Gasteiger partial charge in [0, 0.05) is 62.7 Å². The van der Waals surface area contributed by atoms with E-state index in [1.54, 1.807) is 30.5 Å². The predicted molar refractivity (Wildman–Crippen MR) is 217 cm³/mol. The molecule has 1 saturated heterocycles. The van der Waals surface area contributed by atoms with Crippen LogP contribution in [0.4, 0.5) is 13.2 Å². The maximum absolute atomic E-state index is 13.1. The average Bonchev–Trinajstić information content (AvgIpc) is 3.81. The number of pyridine rings is 1. The van der Waals surface area contributed by atoms with Gasteiger partial charge < -0.3 is 24.2 Å². The molecule has 1 N–H and O–H groups in total. The number of ether oxygens (including phenoxy) is 3. The number of carbonyl (C=O) groups is 1. The van der Waals surface area contributed by atoms with Gasteiger partial charge in [-0.25, -0.2) is 4.79 Å². The number of piperazine rings is 1. The lowest BCUT2D eigenvalue weighted by Gasteiger charge is -2.32. The van der Waals surface area contributed by atoms with E-state index in [2.05, 4.69) is 26.3 Å². The van der Waals surface area contributed by atoms with E-state index in [1.807, 2.05) is 50.2 Å². The standard InChI is InChI=1S/C42H42ClF3N6O5S/c1-26-7-6-9-29(21-26)39-36(31-11-12-33(38(43)27(31)2)55-20-19-51-17-15-50(3)16-18-51)37-35(23-47-39)58-49-40(37)57-34(41(53)54)22-28-8-4-5-10-32(28)56-24-30-13-14-48-52(30)25-42(44,45)46/h4-14,21,23,34H,15-20,22,24-25H2,1-3H3,(H,53,54)/t34-/m1/s1. The second kappa shape index (κ2) is 17.7. The molecule has 304 valence electrons. The fourth-order valence-corrected chi connectivity index (χ4v) is 7.85. The average molecular weight is 835 g/mol. The van der Waals surface area contributed by atoms with E-state index in [0.717, 1.165) is 71.2 Å².